The molecule has 0 atom stereocenters. The summed E-state index contributed by atoms with van der Waals surface area (Å²) >= 11 is 1.48. The van der Waals surface area contributed by atoms with Gasteiger partial charge in [-0.05, 0) is 24.3 Å². The Hall–Kier alpha value is -2.47. The Morgan fingerprint density at radius 2 is 2.18 bits per heavy atom. The van der Waals surface area contributed by atoms with Crippen LogP contribution in [0.25, 0.3) is 10.2 Å². The minimum absolute atomic E-state index is 0.257. The summed E-state index contributed by atoms with van der Waals surface area (Å²) < 4.78 is 19.8. The van der Waals surface area contributed by atoms with E-state index in [9.17, 15) is 9.18 Å². The molecule has 0 aliphatic rings. The SMILES string of the molecule is O=CCNc1cccc(OCc2nc3cc(F)ccc3s2)c1. The predicted molar refractivity (Wildman–Crippen MR) is 84.9 cm³/mol. The zero-order valence-electron chi connectivity index (χ0n) is 11.6. The number of nitrogens with zero attached hydrogens (tertiary/aromatic N) is 1. The van der Waals surface area contributed by atoms with Crippen LogP contribution in [0.3, 0.4) is 0 Å². The summed E-state index contributed by atoms with van der Waals surface area (Å²) in [7, 11) is 0. The van der Waals surface area contributed by atoms with Crippen molar-refractivity contribution in [2.24, 2.45) is 0 Å². The van der Waals surface area contributed by atoms with Gasteiger partial charge in [-0.1, -0.05) is 6.07 Å². The Balaban J connectivity index is 1.69. The van der Waals surface area contributed by atoms with E-state index in [1.54, 1.807) is 6.07 Å². The second-order valence-corrected chi connectivity index (χ2v) is 5.70. The molecule has 0 aliphatic carbocycles. The summed E-state index contributed by atoms with van der Waals surface area (Å²) in [6.07, 6.45) is 0.799. The molecule has 4 nitrogen and oxygen atoms in total. The van der Waals surface area contributed by atoms with Gasteiger partial charge >= 0.3 is 0 Å². The molecule has 2 aromatic carbocycles. The average molecular weight is 316 g/mol. The molecule has 0 unspecified atom stereocenters. The number of ether oxygens (including phenoxy) is 1. The van der Waals surface area contributed by atoms with Crippen molar-refractivity contribution in [2.75, 3.05) is 11.9 Å². The Morgan fingerprint density at radius 3 is 3.05 bits per heavy atom. The van der Waals surface area contributed by atoms with Crippen LogP contribution >= 0.6 is 11.3 Å². The second-order valence-electron chi connectivity index (χ2n) is 4.58. The number of thiazole rings is 1. The summed E-state index contributed by atoms with van der Waals surface area (Å²) in [6.45, 7) is 0.574. The van der Waals surface area contributed by atoms with Crippen LogP contribution in [0.2, 0.25) is 0 Å². The van der Waals surface area contributed by atoms with Crippen LogP contribution in [0, 0.1) is 5.82 Å². The van der Waals surface area contributed by atoms with E-state index >= 15 is 0 Å². The number of hydrogen-bond acceptors (Lipinski definition) is 5. The highest BCUT2D eigenvalue weighted by Gasteiger charge is 2.06. The number of carbonyl (C=O) groups is 1. The van der Waals surface area contributed by atoms with Crippen molar-refractivity contribution in [1.29, 1.82) is 0 Å². The Kier molecular flexibility index (Phi) is 4.29. The monoisotopic (exact) mass is 316 g/mol. The molecule has 0 amide bonds. The van der Waals surface area contributed by atoms with Crippen LogP contribution in [-0.2, 0) is 11.4 Å². The number of benzene rings is 2. The maximum Gasteiger partial charge on any atom is 0.140 e. The molecule has 1 N–H and O–H groups in total. The number of halogens is 1. The lowest BCUT2D eigenvalue weighted by atomic mass is 10.3. The fourth-order valence-electron chi connectivity index (χ4n) is 2.01. The molecule has 0 saturated carbocycles. The lowest BCUT2D eigenvalue weighted by Crippen LogP contribution is -2.02. The van der Waals surface area contributed by atoms with Gasteiger partial charge in [-0.25, -0.2) is 9.37 Å². The van der Waals surface area contributed by atoms with Gasteiger partial charge in [0.25, 0.3) is 0 Å². The van der Waals surface area contributed by atoms with Crippen LogP contribution in [0.5, 0.6) is 5.75 Å². The van der Waals surface area contributed by atoms with Crippen LogP contribution in [0.1, 0.15) is 5.01 Å². The average Bonchev–Trinajstić information content (AvgIpc) is 2.93. The zero-order valence-corrected chi connectivity index (χ0v) is 12.4. The number of aldehydes is 1. The third kappa shape index (κ3) is 3.40. The van der Waals surface area contributed by atoms with Gasteiger partial charge in [0, 0.05) is 17.8 Å². The molecule has 0 aliphatic heterocycles. The zero-order chi connectivity index (χ0) is 15.4. The van der Waals surface area contributed by atoms with E-state index in [-0.39, 0.29) is 12.4 Å². The molecule has 0 bridgehead atoms. The molecule has 0 fully saturated rings. The van der Waals surface area contributed by atoms with E-state index in [4.69, 9.17) is 4.74 Å². The van der Waals surface area contributed by atoms with Gasteiger partial charge in [-0.2, -0.15) is 0 Å². The van der Waals surface area contributed by atoms with Gasteiger partial charge in [0.05, 0.1) is 16.8 Å². The van der Waals surface area contributed by atoms with Crippen molar-refractivity contribution in [3.8, 4) is 5.75 Å². The van der Waals surface area contributed by atoms with E-state index in [0.29, 0.717) is 17.9 Å². The van der Waals surface area contributed by atoms with E-state index in [1.165, 1.54) is 23.5 Å². The highest BCUT2D eigenvalue weighted by atomic mass is 32.1. The van der Waals surface area contributed by atoms with Crippen molar-refractivity contribution < 1.29 is 13.9 Å². The summed E-state index contributed by atoms with van der Waals surface area (Å²) in [5, 5.41) is 3.74. The first-order valence-corrected chi connectivity index (χ1v) is 7.51. The maximum atomic E-state index is 13.1. The number of anilines is 1. The number of fused-ring (bicyclic) bond motifs is 1. The molecule has 1 heterocycles. The molecular formula is C16H13FN2O2S. The van der Waals surface area contributed by atoms with Crippen LogP contribution in [-0.4, -0.2) is 17.8 Å². The van der Waals surface area contributed by atoms with E-state index in [1.807, 2.05) is 24.3 Å². The summed E-state index contributed by atoms with van der Waals surface area (Å²) in [5.74, 6) is 0.389. The molecule has 1 aromatic heterocycles. The van der Waals surface area contributed by atoms with Crippen LogP contribution in [0.15, 0.2) is 42.5 Å². The van der Waals surface area contributed by atoms with E-state index in [0.717, 1.165) is 21.7 Å². The topological polar surface area (TPSA) is 51.2 Å². The quantitative estimate of drug-likeness (QED) is 0.706. The minimum atomic E-state index is -0.292. The standard InChI is InChI=1S/C16H13FN2O2S/c17-11-4-5-15-14(8-11)19-16(22-15)10-21-13-3-1-2-12(9-13)18-6-7-20/h1-5,7-9,18H,6,10H2. The first kappa shape index (κ1) is 14.5. The lowest BCUT2D eigenvalue weighted by Gasteiger charge is -2.07. The Labute approximate surface area is 130 Å². The third-order valence-corrected chi connectivity index (χ3v) is 3.99. The van der Waals surface area contributed by atoms with Gasteiger partial charge < -0.3 is 14.8 Å². The summed E-state index contributed by atoms with van der Waals surface area (Å²) in [6, 6.07) is 11.9. The normalized spacial score (nSPS) is 10.6. The maximum absolute atomic E-state index is 13.1. The lowest BCUT2D eigenvalue weighted by molar-refractivity contribution is -0.106. The molecule has 6 heteroatoms. The van der Waals surface area contributed by atoms with Gasteiger partial charge in [-0.15, -0.1) is 11.3 Å². The van der Waals surface area contributed by atoms with E-state index < -0.39 is 0 Å². The molecule has 22 heavy (non-hydrogen) atoms. The summed E-state index contributed by atoms with van der Waals surface area (Å²) in [4.78, 5) is 14.7. The largest absolute Gasteiger partial charge is 0.486 e. The number of aromatic nitrogens is 1. The van der Waals surface area contributed by atoms with Gasteiger partial charge in [0.1, 0.15) is 29.5 Å². The number of rotatable bonds is 6. The van der Waals surface area contributed by atoms with Gasteiger partial charge in [0.15, 0.2) is 0 Å². The molecule has 0 spiro atoms. The first-order valence-electron chi connectivity index (χ1n) is 6.70. The number of nitrogens with one attached hydrogen (secondary N) is 1. The number of carbonyl (C=O) groups excluding carboxylic acids is 1. The summed E-state index contributed by atoms with van der Waals surface area (Å²) in [5.41, 5.74) is 1.46. The molecule has 3 rings (SSSR count). The van der Waals surface area contributed by atoms with Crippen molar-refractivity contribution in [1.82, 2.24) is 4.98 Å². The molecular weight excluding hydrogens is 303 g/mol. The molecule has 0 saturated heterocycles. The Morgan fingerprint density at radius 1 is 1.27 bits per heavy atom. The van der Waals surface area contributed by atoms with Crippen molar-refractivity contribution in [2.45, 2.75) is 6.61 Å². The van der Waals surface area contributed by atoms with Crippen molar-refractivity contribution in [3.63, 3.8) is 0 Å². The highest BCUT2D eigenvalue weighted by Crippen LogP contribution is 2.24. The highest BCUT2D eigenvalue weighted by molar-refractivity contribution is 7.18. The first-order chi connectivity index (χ1) is 10.7. The fourth-order valence-corrected chi connectivity index (χ4v) is 2.87. The molecule has 0 radical (unpaired) electrons. The third-order valence-electron chi connectivity index (χ3n) is 2.98. The van der Waals surface area contributed by atoms with Gasteiger partial charge in [-0.3, -0.25) is 0 Å². The molecule has 112 valence electrons. The second kappa shape index (κ2) is 6.53. The van der Waals surface area contributed by atoms with Crippen molar-refractivity contribution in [3.05, 3.63) is 53.3 Å². The van der Waals surface area contributed by atoms with Crippen molar-refractivity contribution >= 4 is 33.5 Å². The smallest absolute Gasteiger partial charge is 0.140 e. The van der Waals surface area contributed by atoms with Crippen LogP contribution in [0.4, 0.5) is 10.1 Å². The minimum Gasteiger partial charge on any atom is -0.486 e. The van der Waals surface area contributed by atoms with Gasteiger partial charge in [0.2, 0.25) is 0 Å². The molecule has 3 aromatic rings. The fraction of sp³-hybridized carbons (Fsp3) is 0.125. The predicted octanol–water partition coefficient (Wildman–Crippen LogP) is 3.63. The Bertz CT molecular complexity index is 804. The van der Waals surface area contributed by atoms with Crippen LogP contribution < -0.4 is 10.1 Å². The number of hydrogen-bond donors (Lipinski definition) is 1. The van der Waals surface area contributed by atoms with E-state index in [2.05, 4.69) is 10.3 Å².